The van der Waals surface area contributed by atoms with E-state index < -0.39 is 11.8 Å². The minimum absolute atomic E-state index is 0.250. The molecular formula is C34H36N2O6. The van der Waals surface area contributed by atoms with Crippen molar-refractivity contribution in [1.82, 2.24) is 4.57 Å². The first-order valence-corrected chi connectivity index (χ1v) is 14.3. The van der Waals surface area contributed by atoms with Crippen LogP contribution in [0.4, 0.5) is 0 Å². The maximum atomic E-state index is 13.9. The van der Waals surface area contributed by atoms with E-state index in [0.717, 1.165) is 47.5 Å². The van der Waals surface area contributed by atoms with Crippen LogP contribution in [0, 0.1) is 5.92 Å². The van der Waals surface area contributed by atoms with Gasteiger partial charge in [-0.05, 0) is 48.7 Å². The lowest BCUT2D eigenvalue weighted by atomic mass is 9.84. The number of Topliss-reactive ketones (excluding diaryl/α,β-unsaturated/α-hetero) is 2. The van der Waals surface area contributed by atoms with Gasteiger partial charge in [-0.25, -0.2) is 4.79 Å². The molecule has 0 aliphatic heterocycles. The van der Waals surface area contributed by atoms with Gasteiger partial charge >= 0.3 is 5.97 Å². The van der Waals surface area contributed by atoms with Gasteiger partial charge in [0.25, 0.3) is 5.79 Å². The molecule has 1 saturated carbocycles. The van der Waals surface area contributed by atoms with E-state index in [1.807, 2.05) is 54.1 Å². The molecule has 8 nitrogen and oxygen atoms in total. The lowest BCUT2D eigenvalue weighted by Gasteiger charge is -2.29. The molecule has 3 aromatic carbocycles. The Labute approximate surface area is 245 Å². The van der Waals surface area contributed by atoms with Gasteiger partial charge in [0.1, 0.15) is 5.71 Å². The Morgan fingerprint density at radius 2 is 1.45 bits per heavy atom. The molecule has 42 heavy (non-hydrogen) atoms. The van der Waals surface area contributed by atoms with Crippen molar-refractivity contribution in [2.24, 2.45) is 18.1 Å². The summed E-state index contributed by atoms with van der Waals surface area (Å²) >= 11 is 0. The summed E-state index contributed by atoms with van der Waals surface area (Å²) in [5.74, 6) is -2.45. The predicted molar refractivity (Wildman–Crippen MR) is 162 cm³/mol. The number of ether oxygens (including phenoxy) is 2. The summed E-state index contributed by atoms with van der Waals surface area (Å²) in [6, 6.07) is 20.1. The second-order valence-electron chi connectivity index (χ2n) is 10.9. The van der Waals surface area contributed by atoms with E-state index in [9.17, 15) is 14.4 Å². The van der Waals surface area contributed by atoms with Crippen LogP contribution in [-0.4, -0.2) is 42.0 Å². The van der Waals surface area contributed by atoms with E-state index in [2.05, 4.69) is 5.16 Å². The van der Waals surface area contributed by atoms with Crippen LogP contribution in [-0.2, 0) is 31.9 Å². The highest BCUT2D eigenvalue weighted by atomic mass is 16.7. The van der Waals surface area contributed by atoms with Crippen molar-refractivity contribution in [2.75, 3.05) is 14.2 Å². The van der Waals surface area contributed by atoms with Crippen molar-refractivity contribution >= 4 is 45.1 Å². The zero-order valence-electron chi connectivity index (χ0n) is 24.5. The normalized spacial score (nSPS) is 14.8. The average molecular weight is 569 g/mol. The summed E-state index contributed by atoms with van der Waals surface area (Å²) in [5, 5.41) is 5.62. The summed E-state index contributed by atoms with van der Waals surface area (Å²) in [6.45, 7) is 1.27. The maximum Gasteiger partial charge on any atom is 0.331 e. The fourth-order valence-electron chi connectivity index (χ4n) is 6.11. The third-order valence-electron chi connectivity index (χ3n) is 8.31. The molecule has 0 atom stereocenters. The molecule has 0 unspecified atom stereocenters. The van der Waals surface area contributed by atoms with E-state index in [4.69, 9.17) is 14.3 Å². The quantitative estimate of drug-likeness (QED) is 0.0692. The topological polar surface area (TPSA) is 96.2 Å². The lowest BCUT2D eigenvalue weighted by molar-refractivity contribution is -0.176. The Morgan fingerprint density at radius 1 is 0.857 bits per heavy atom. The molecule has 5 rings (SSSR count). The Hall–Kier alpha value is -4.14. The zero-order valence-corrected chi connectivity index (χ0v) is 24.5. The zero-order chi connectivity index (χ0) is 29.9. The number of benzene rings is 3. The monoisotopic (exact) mass is 568 g/mol. The van der Waals surface area contributed by atoms with Gasteiger partial charge in [-0.3, -0.25) is 9.59 Å². The minimum Gasteiger partial charge on any atom is -0.344 e. The third-order valence-corrected chi connectivity index (χ3v) is 8.31. The number of carbonyl (C=O) groups excluding carboxylic acids is 3. The van der Waals surface area contributed by atoms with Crippen LogP contribution in [0.2, 0.25) is 0 Å². The lowest BCUT2D eigenvalue weighted by Crippen LogP contribution is -2.40. The van der Waals surface area contributed by atoms with Gasteiger partial charge in [-0.2, -0.15) is 0 Å². The first kappa shape index (κ1) is 29.4. The summed E-state index contributed by atoms with van der Waals surface area (Å²) in [5.41, 5.74) is 3.51. The van der Waals surface area contributed by atoms with Crippen molar-refractivity contribution in [3.8, 4) is 0 Å². The van der Waals surface area contributed by atoms with E-state index in [-0.39, 0.29) is 17.3 Å². The van der Waals surface area contributed by atoms with Gasteiger partial charge in [0.05, 0.1) is 0 Å². The van der Waals surface area contributed by atoms with E-state index in [1.54, 1.807) is 24.3 Å². The number of carbonyl (C=O) groups is 3. The number of rotatable bonds is 10. The molecule has 0 spiro atoms. The van der Waals surface area contributed by atoms with Gasteiger partial charge in [0.2, 0.25) is 11.6 Å². The van der Waals surface area contributed by atoms with Crippen molar-refractivity contribution in [3.63, 3.8) is 0 Å². The van der Waals surface area contributed by atoms with Crippen LogP contribution in [0.1, 0.15) is 71.7 Å². The second kappa shape index (κ2) is 12.4. The summed E-state index contributed by atoms with van der Waals surface area (Å²) in [7, 11) is 4.85. The molecule has 8 heteroatoms. The Bertz CT molecular complexity index is 1660. The van der Waals surface area contributed by atoms with Crippen LogP contribution in [0.3, 0.4) is 0 Å². The highest BCUT2D eigenvalue weighted by molar-refractivity contribution is 6.46. The van der Waals surface area contributed by atoms with Crippen LogP contribution >= 0.6 is 0 Å². The first-order chi connectivity index (χ1) is 20.3. The average Bonchev–Trinajstić information content (AvgIpc) is 3.31. The Morgan fingerprint density at radius 3 is 2.05 bits per heavy atom. The predicted octanol–water partition coefficient (Wildman–Crippen LogP) is 6.73. The number of ketones is 2. The smallest absolute Gasteiger partial charge is 0.331 e. The molecule has 0 bridgehead atoms. The molecule has 0 saturated heterocycles. The maximum absolute atomic E-state index is 13.9. The van der Waals surface area contributed by atoms with Crippen LogP contribution in [0.15, 0.2) is 71.9 Å². The van der Waals surface area contributed by atoms with Crippen molar-refractivity contribution in [1.29, 1.82) is 0 Å². The second-order valence-corrected chi connectivity index (χ2v) is 10.9. The van der Waals surface area contributed by atoms with Crippen molar-refractivity contribution in [2.45, 2.75) is 51.2 Å². The molecule has 1 aliphatic rings. The molecule has 1 fully saturated rings. The van der Waals surface area contributed by atoms with Crippen molar-refractivity contribution in [3.05, 3.63) is 83.4 Å². The highest BCUT2D eigenvalue weighted by Crippen LogP contribution is 2.35. The summed E-state index contributed by atoms with van der Waals surface area (Å²) < 4.78 is 13.4. The molecular weight excluding hydrogens is 532 g/mol. The van der Waals surface area contributed by atoms with E-state index in [1.165, 1.54) is 27.6 Å². The Balaban J connectivity index is 1.56. The minimum atomic E-state index is -1.61. The van der Waals surface area contributed by atoms with Crippen LogP contribution < -0.4 is 0 Å². The number of methoxy groups -OCH3 is 2. The molecule has 0 amide bonds. The van der Waals surface area contributed by atoms with Gasteiger partial charge in [-0.1, -0.05) is 67.6 Å². The number of fused-ring (bicyclic) bond motifs is 3. The molecule has 4 aromatic rings. The van der Waals surface area contributed by atoms with Gasteiger partial charge in [-0.15, -0.1) is 0 Å². The first-order valence-electron chi connectivity index (χ1n) is 14.3. The molecule has 218 valence electrons. The van der Waals surface area contributed by atoms with Crippen LogP contribution in [0.25, 0.3) is 21.8 Å². The fourth-order valence-corrected chi connectivity index (χ4v) is 6.11. The molecule has 1 aromatic heterocycles. The molecule has 1 heterocycles. The summed E-state index contributed by atoms with van der Waals surface area (Å²) in [6.07, 6.45) is 5.97. The highest BCUT2D eigenvalue weighted by Gasteiger charge is 2.41. The van der Waals surface area contributed by atoms with Crippen LogP contribution in [0.5, 0.6) is 0 Å². The molecule has 0 radical (unpaired) electrons. The number of oxime groups is 1. The number of nitrogens with zero attached hydrogens (tertiary/aromatic N) is 2. The summed E-state index contributed by atoms with van der Waals surface area (Å²) in [4.78, 5) is 44.1. The number of aryl methyl sites for hydroxylation is 1. The van der Waals surface area contributed by atoms with E-state index in [0.29, 0.717) is 29.0 Å². The van der Waals surface area contributed by atoms with E-state index >= 15 is 0 Å². The standard InChI is InChI=1S/C34H36N2O6/c1-22(37)42-35-29(19-23-11-7-5-8-12-23)32(38)24-15-17-30-27(20-24)28-21-25(16-18-31(28)36(30)2)33(39)34(40-3,41-4)26-13-9-6-10-14-26/h6,9-10,13-18,20-21,23H,5,7-8,11-12,19H2,1-4H3/b35-29+. The number of hydrogen-bond donors (Lipinski definition) is 0. The van der Waals surface area contributed by atoms with Gasteiger partial charge < -0.3 is 18.9 Å². The Kier molecular flexibility index (Phi) is 8.66. The largest absolute Gasteiger partial charge is 0.344 e. The van der Waals surface area contributed by atoms with Gasteiger partial charge in [0.15, 0.2) is 0 Å². The molecule has 0 N–H and O–H groups in total. The van der Waals surface area contributed by atoms with Crippen molar-refractivity contribution < 1.29 is 28.7 Å². The fraction of sp³-hybridized carbons (Fsp3) is 0.353. The number of aromatic nitrogens is 1. The SMILES string of the molecule is COC(OC)(C(=O)c1ccc2c(c1)c1cc(C(=O)/C(CC3CCCCC3)=N/OC(C)=O)ccc1n2C)c1ccccc1. The third kappa shape index (κ3) is 5.52. The van der Waals surface area contributed by atoms with Gasteiger partial charge in [0, 0.05) is 66.7 Å². The molecule has 1 aliphatic carbocycles. The number of hydrogen-bond acceptors (Lipinski definition) is 7.